The van der Waals surface area contributed by atoms with Crippen LogP contribution in [0.1, 0.15) is 38.7 Å². The number of carbonyl (C=O) groups is 6. The van der Waals surface area contributed by atoms with Gasteiger partial charge in [0.2, 0.25) is 29.5 Å². The number of aromatic hydroxyl groups is 1. The maximum atomic E-state index is 13.1. The van der Waals surface area contributed by atoms with Crippen molar-refractivity contribution in [3.8, 4) is 5.75 Å². The van der Waals surface area contributed by atoms with Crippen LogP contribution in [0.4, 0.5) is 0 Å². The number of phenols is 1. The van der Waals surface area contributed by atoms with Gasteiger partial charge in [-0.3, -0.25) is 24.0 Å². The number of nitrogens with one attached hydrogen (secondary N) is 3. The first-order valence-corrected chi connectivity index (χ1v) is 11.4. The van der Waals surface area contributed by atoms with Gasteiger partial charge in [0.25, 0.3) is 0 Å². The van der Waals surface area contributed by atoms with Gasteiger partial charge in [-0.05, 0) is 30.0 Å². The first-order valence-electron chi connectivity index (χ1n) is 11.4. The standard InChI is InChI=1S/C23H34N6O8/c1-11(2)19(23(36)37)29-22(35)16(9-12-3-5-13(30)6-4-12)28-21(34)15(7-8-17(25)31)27-20(33)14(24)10-18(26)32/h3-6,11,14-16,19,30H,7-10,24H2,1-2H3,(H2,25,31)(H2,26,32)(H,27,33)(H,28,34)(H,29,35)(H,36,37). The van der Waals surface area contributed by atoms with E-state index in [4.69, 9.17) is 17.2 Å². The lowest BCUT2D eigenvalue weighted by Gasteiger charge is -2.26. The molecular formula is C23H34N6O8. The first-order chi connectivity index (χ1) is 17.2. The van der Waals surface area contributed by atoms with Gasteiger partial charge in [0.15, 0.2) is 0 Å². The normalized spacial score (nSPS) is 14.1. The molecule has 4 unspecified atom stereocenters. The van der Waals surface area contributed by atoms with Crippen LogP contribution in [-0.2, 0) is 35.2 Å². The summed E-state index contributed by atoms with van der Waals surface area (Å²) in [5, 5.41) is 26.1. The average Bonchev–Trinajstić information content (AvgIpc) is 2.79. The van der Waals surface area contributed by atoms with Crippen LogP contribution in [0.25, 0.3) is 0 Å². The summed E-state index contributed by atoms with van der Waals surface area (Å²) in [6.07, 6.45) is -1.13. The third-order valence-corrected chi connectivity index (χ3v) is 5.31. The zero-order valence-corrected chi connectivity index (χ0v) is 20.6. The molecule has 14 heteroatoms. The second-order valence-corrected chi connectivity index (χ2v) is 8.84. The number of amides is 5. The summed E-state index contributed by atoms with van der Waals surface area (Å²) in [5.41, 5.74) is 16.4. The second kappa shape index (κ2) is 14.4. The number of carboxylic acid groups (broad SMARTS) is 1. The Bertz CT molecular complexity index is 997. The minimum absolute atomic E-state index is 0.0268. The molecule has 4 atom stereocenters. The number of aliphatic carboxylic acids is 1. The Labute approximate surface area is 213 Å². The molecule has 1 rings (SSSR count). The number of nitrogens with two attached hydrogens (primary N) is 3. The number of hydrogen-bond donors (Lipinski definition) is 8. The molecule has 5 amide bonds. The van der Waals surface area contributed by atoms with Crippen molar-refractivity contribution in [2.75, 3.05) is 0 Å². The molecule has 0 bridgehead atoms. The van der Waals surface area contributed by atoms with E-state index in [2.05, 4.69) is 16.0 Å². The minimum atomic E-state index is -1.37. The van der Waals surface area contributed by atoms with Gasteiger partial charge in [0, 0.05) is 12.8 Å². The molecule has 0 radical (unpaired) electrons. The molecule has 0 aliphatic rings. The van der Waals surface area contributed by atoms with E-state index in [1.165, 1.54) is 24.3 Å². The zero-order valence-electron chi connectivity index (χ0n) is 20.6. The number of primary amides is 2. The fraction of sp³-hybridized carbons (Fsp3) is 0.478. The minimum Gasteiger partial charge on any atom is -0.508 e. The molecular weight excluding hydrogens is 488 g/mol. The van der Waals surface area contributed by atoms with Crippen molar-refractivity contribution in [2.45, 2.75) is 63.7 Å². The summed E-state index contributed by atoms with van der Waals surface area (Å²) in [6, 6.07) is 0.484. The van der Waals surface area contributed by atoms with Crippen LogP contribution in [0.3, 0.4) is 0 Å². The molecule has 1 aromatic rings. The highest BCUT2D eigenvalue weighted by atomic mass is 16.4. The van der Waals surface area contributed by atoms with Gasteiger partial charge in [-0.25, -0.2) is 4.79 Å². The van der Waals surface area contributed by atoms with E-state index < -0.39 is 72.0 Å². The fourth-order valence-electron chi connectivity index (χ4n) is 3.26. The van der Waals surface area contributed by atoms with E-state index in [0.29, 0.717) is 5.56 Å². The lowest BCUT2D eigenvalue weighted by molar-refractivity contribution is -0.143. The highest BCUT2D eigenvalue weighted by Crippen LogP contribution is 2.13. The molecule has 0 heterocycles. The molecule has 0 saturated heterocycles. The Morgan fingerprint density at radius 1 is 0.838 bits per heavy atom. The van der Waals surface area contributed by atoms with Gasteiger partial charge in [-0.2, -0.15) is 0 Å². The number of benzene rings is 1. The molecule has 0 aliphatic carbocycles. The van der Waals surface area contributed by atoms with Crippen LogP contribution in [0.2, 0.25) is 0 Å². The smallest absolute Gasteiger partial charge is 0.326 e. The number of rotatable bonds is 15. The van der Waals surface area contributed by atoms with Crippen LogP contribution < -0.4 is 33.2 Å². The quantitative estimate of drug-likeness (QED) is 0.122. The topological polar surface area (TPSA) is 257 Å². The lowest BCUT2D eigenvalue weighted by atomic mass is 10.0. The van der Waals surface area contributed by atoms with Gasteiger partial charge in [-0.15, -0.1) is 0 Å². The predicted octanol–water partition coefficient (Wildman–Crippen LogP) is -2.40. The Hall–Kier alpha value is -4.20. The van der Waals surface area contributed by atoms with Crippen LogP contribution in [0.5, 0.6) is 5.75 Å². The number of phenolic OH excluding ortho intramolecular Hbond substituents is 1. The summed E-state index contributed by atoms with van der Waals surface area (Å²) in [4.78, 5) is 72.4. The summed E-state index contributed by atoms with van der Waals surface area (Å²) in [6.45, 7) is 3.19. The van der Waals surface area contributed by atoms with Crippen LogP contribution >= 0.6 is 0 Å². The van der Waals surface area contributed by atoms with Crippen molar-refractivity contribution in [1.29, 1.82) is 0 Å². The Morgan fingerprint density at radius 3 is 1.86 bits per heavy atom. The van der Waals surface area contributed by atoms with E-state index in [9.17, 15) is 39.0 Å². The van der Waals surface area contributed by atoms with Crippen molar-refractivity contribution >= 4 is 35.5 Å². The van der Waals surface area contributed by atoms with Crippen LogP contribution in [-0.4, -0.2) is 69.9 Å². The molecule has 0 saturated carbocycles. The van der Waals surface area contributed by atoms with E-state index in [1.807, 2.05) is 0 Å². The maximum Gasteiger partial charge on any atom is 0.326 e. The first kappa shape index (κ1) is 30.8. The second-order valence-electron chi connectivity index (χ2n) is 8.84. The molecule has 37 heavy (non-hydrogen) atoms. The molecule has 11 N–H and O–H groups in total. The molecule has 0 spiro atoms. The molecule has 14 nitrogen and oxygen atoms in total. The summed E-state index contributed by atoms with van der Waals surface area (Å²) in [5.74, 6) is -5.95. The van der Waals surface area contributed by atoms with Gasteiger partial charge in [0.1, 0.15) is 23.9 Å². The zero-order chi connectivity index (χ0) is 28.3. The summed E-state index contributed by atoms with van der Waals surface area (Å²) in [7, 11) is 0. The van der Waals surface area contributed by atoms with Crippen molar-refractivity contribution in [2.24, 2.45) is 23.1 Å². The van der Waals surface area contributed by atoms with Crippen molar-refractivity contribution in [1.82, 2.24) is 16.0 Å². The van der Waals surface area contributed by atoms with Crippen LogP contribution in [0, 0.1) is 5.92 Å². The monoisotopic (exact) mass is 522 g/mol. The Morgan fingerprint density at radius 2 is 1.38 bits per heavy atom. The van der Waals surface area contributed by atoms with Gasteiger partial charge in [-0.1, -0.05) is 26.0 Å². The third kappa shape index (κ3) is 10.9. The highest BCUT2D eigenvalue weighted by molar-refractivity contribution is 5.95. The Kier molecular flexibility index (Phi) is 12.0. The van der Waals surface area contributed by atoms with E-state index in [-0.39, 0.29) is 25.0 Å². The van der Waals surface area contributed by atoms with E-state index >= 15 is 0 Å². The lowest BCUT2D eigenvalue weighted by Crippen LogP contribution is -2.58. The number of hydrogen-bond acceptors (Lipinski definition) is 8. The molecule has 0 aliphatic heterocycles. The van der Waals surface area contributed by atoms with Crippen molar-refractivity contribution < 1.29 is 39.0 Å². The van der Waals surface area contributed by atoms with E-state index in [1.54, 1.807) is 13.8 Å². The largest absolute Gasteiger partial charge is 0.508 e. The van der Waals surface area contributed by atoms with Crippen molar-refractivity contribution in [3.05, 3.63) is 29.8 Å². The molecule has 0 aromatic heterocycles. The van der Waals surface area contributed by atoms with Gasteiger partial charge in [0.05, 0.1) is 12.5 Å². The number of carboxylic acids is 1. The number of carbonyl (C=O) groups excluding carboxylic acids is 5. The van der Waals surface area contributed by atoms with Crippen LogP contribution in [0.15, 0.2) is 24.3 Å². The Balaban J connectivity index is 3.18. The average molecular weight is 523 g/mol. The molecule has 0 fully saturated rings. The van der Waals surface area contributed by atoms with E-state index in [0.717, 1.165) is 0 Å². The fourth-order valence-corrected chi connectivity index (χ4v) is 3.26. The van der Waals surface area contributed by atoms with Gasteiger partial charge < -0.3 is 43.4 Å². The summed E-state index contributed by atoms with van der Waals surface area (Å²) < 4.78 is 0. The third-order valence-electron chi connectivity index (χ3n) is 5.31. The maximum absolute atomic E-state index is 13.1. The highest BCUT2D eigenvalue weighted by Gasteiger charge is 2.31. The van der Waals surface area contributed by atoms with Gasteiger partial charge >= 0.3 is 5.97 Å². The predicted molar refractivity (Wildman–Crippen MR) is 130 cm³/mol. The summed E-state index contributed by atoms with van der Waals surface area (Å²) >= 11 is 0. The SMILES string of the molecule is CC(C)C(NC(=O)C(Cc1ccc(O)cc1)NC(=O)C(CCC(N)=O)NC(=O)C(N)CC(N)=O)C(=O)O. The molecule has 204 valence electrons. The van der Waals surface area contributed by atoms with Crippen molar-refractivity contribution in [3.63, 3.8) is 0 Å². The molecule has 1 aromatic carbocycles.